The Bertz CT molecular complexity index is 169. The Morgan fingerprint density at radius 3 is 2.64 bits per heavy atom. The molecule has 0 aromatic heterocycles. The highest BCUT2D eigenvalue weighted by Gasteiger charge is 2.11. The van der Waals surface area contributed by atoms with E-state index in [4.69, 9.17) is 12.2 Å². The van der Waals surface area contributed by atoms with E-state index >= 15 is 0 Å². The summed E-state index contributed by atoms with van der Waals surface area (Å²) in [6.45, 7) is 3.75. The molecule has 62 valence electrons. The average Bonchev–Trinajstić information content (AvgIpc) is 1.86. The van der Waals surface area contributed by atoms with E-state index in [1.807, 2.05) is 13.8 Å². The van der Waals surface area contributed by atoms with Crippen LogP contribution in [0.1, 0.15) is 20.3 Å². The third-order valence-corrected chi connectivity index (χ3v) is 1.11. The van der Waals surface area contributed by atoms with Gasteiger partial charge in [-0.1, -0.05) is 0 Å². The first-order valence-corrected chi connectivity index (χ1v) is 3.57. The Kier molecular flexibility index (Phi) is 4.32. The summed E-state index contributed by atoms with van der Waals surface area (Å²) in [6.07, 6.45) is 5.28. The Hall–Kier alpha value is -1.01. The zero-order valence-corrected chi connectivity index (χ0v) is 6.92. The summed E-state index contributed by atoms with van der Waals surface area (Å²) >= 11 is 0. The molecule has 11 heavy (non-hydrogen) atoms. The first-order valence-electron chi connectivity index (χ1n) is 3.57. The summed E-state index contributed by atoms with van der Waals surface area (Å²) in [7, 11) is 0. The topological polar surface area (TPSA) is 55.1 Å². The number of hydrogen-bond donors (Lipinski definition) is 2. The monoisotopic (exact) mass is 154 g/mol. The van der Waals surface area contributed by atoms with Gasteiger partial charge in [0.2, 0.25) is 5.91 Å². The van der Waals surface area contributed by atoms with E-state index in [9.17, 15) is 4.79 Å². The summed E-state index contributed by atoms with van der Waals surface area (Å²) < 4.78 is 0. The van der Waals surface area contributed by atoms with Crippen molar-refractivity contribution in [2.45, 2.75) is 32.4 Å². The minimum absolute atomic E-state index is 0.117. The fraction of sp³-hybridized carbons (Fsp3) is 0.625. The second-order valence-corrected chi connectivity index (χ2v) is 2.68. The van der Waals surface area contributed by atoms with Crippen LogP contribution >= 0.6 is 0 Å². The van der Waals surface area contributed by atoms with E-state index in [1.54, 1.807) is 0 Å². The molecule has 0 spiro atoms. The van der Waals surface area contributed by atoms with Gasteiger partial charge in [-0.3, -0.25) is 4.79 Å². The van der Waals surface area contributed by atoms with Gasteiger partial charge in [-0.25, -0.2) is 0 Å². The van der Waals surface area contributed by atoms with Crippen LogP contribution in [0.15, 0.2) is 0 Å². The minimum Gasteiger partial charge on any atom is -0.353 e. The lowest BCUT2D eigenvalue weighted by molar-refractivity contribution is -0.122. The van der Waals surface area contributed by atoms with Gasteiger partial charge in [0.15, 0.2) is 0 Å². The van der Waals surface area contributed by atoms with Gasteiger partial charge in [-0.15, -0.1) is 12.3 Å². The van der Waals surface area contributed by atoms with Crippen LogP contribution in [0.2, 0.25) is 0 Å². The van der Waals surface area contributed by atoms with E-state index in [-0.39, 0.29) is 11.9 Å². The van der Waals surface area contributed by atoms with E-state index in [2.05, 4.69) is 11.2 Å². The number of nitrogens with one attached hydrogen (secondary N) is 1. The van der Waals surface area contributed by atoms with Crippen molar-refractivity contribution >= 4 is 5.91 Å². The molecule has 0 aliphatic heterocycles. The first-order chi connectivity index (χ1) is 5.07. The molecule has 0 radical (unpaired) electrons. The third-order valence-electron chi connectivity index (χ3n) is 1.11. The Balaban J connectivity index is 3.75. The maximum atomic E-state index is 11.0. The van der Waals surface area contributed by atoms with Crippen molar-refractivity contribution in [1.82, 2.24) is 5.32 Å². The van der Waals surface area contributed by atoms with E-state index < -0.39 is 6.04 Å². The van der Waals surface area contributed by atoms with Crippen molar-refractivity contribution in [2.75, 3.05) is 0 Å². The van der Waals surface area contributed by atoms with Crippen molar-refractivity contribution in [1.29, 1.82) is 0 Å². The number of rotatable bonds is 3. The molecule has 1 atom stereocenters. The van der Waals surface area contributed by atoms with Crippen LogP contribution < -0.4 is 11.1 Å². The van der Waals surface area contributed by atoms with Crippen LogP contribution in [-0.2, 0) is 4.79 Å². The van der Waals surface area contributed by atoms with Gasteiger partial charge in [0.25, 0.3) is 0 Å². The molecule has 0 heterocycles. The molecule has 0 aromatic rings. The highest BCUT2D eigenvalue weighted by atomic mass is 16.2. The molecule has 0 fully saturated rings. The molecular weight excluding hydrogens is 140 g/mol. The number of terminal acetylenes is 1. The molecule has 0 saturated carbocycles. The summed E-state index contributed by atoms with van der Waals surface area (Å²) in [5.41, 5.74) is 5.42. The summed E-state index contributed by atoms with van der Waals surface area (Å²) in [4.78, 5) is 11.0. The van der Waals surface area contributed by atoms with Crippen LogP contribution in [-0.4, -0.2) is 18.0 Å². The van der Waals surface area contributed by atoms with Gasteiger partial charge in [0.05, 0.1) is 6.04 Å². The van der Waals surface area contributed by atoms with Crippen LogP contribution in [0.4, 0.5) is 0 Å². The van der Waals surface area contributed by atoms with Gasteiger partial charge in [-0.2, -0.15) is 0 Å². The molecule has 0 saturated heterocycles. The van der Waals surface area contributed by atoms with Crippen LogP contribution in [0.3, 0.4) is 0 Å². The summed E-state index contributed by atoms with van der Waals surface area (Å²) in [5, 5.41) is 2.67. The number of carbonyl (C=O) groups excluding carboxylic acids is 1. The lowest BCUT2D eigenvalue weighted by Crippen LogP contribution is -2.43. The van der Waals surface area contributed by atoms with Gasteiger partial charge >= 0.3 is 0 Å². The lowest BCUT2D eigenvalue weighted by Gasteiger charge is -2.11. The molecule has 3 heteroatoms. The van der Waals surface area contributed by atoms with Crippen molar-refractivity contribution in [2.24, 2.45) is 5.73 Å². The lowest BCUT2D eigenvalue weighted by atomic mass is 10.2. The summed E-state index contributed by atoms with van der Waals surface area (Å²) in [6, 6.07) is -0.450. The largest absolute Gasteiger partial charge is 0.353 e. The average molecular weight is 154 g/mol. The second kappa shape index (κ2) is 4.75. The van der Waals surface area contributed by atoms with E-state index in [1.165, 1.54) is 0 Å². The van der Waals surface area contributed by atoms with Gasteiger partial charge in [0.1, 0.15) is 0 Å². The van der Waals surface area contributed by atoms with Crippen LogP contribution in [0.5, 0.6) is 0 Å². The normalized spacial score (nSPS) is 12.3. The molecule has 0 aliphatic carbocycles. The van der Waals surface area contributed by atoms with Crippen molar-refractivity contribution < 1.29 is 4.79 Å². The number of carbonyl (C=O) groups is 1. The predicted octanol–water partition coefficient (Wildman–Crippen LogP) is -0.138. The molecule has 3 nitrogen and oxygen atoms in total. The number of amides is 1. The van der Waals surface area contributed by atoms with Crippen LogP contribution in [0, 0.1) is 12.3 Å². The van der Waals surface area contributed by atoms with Gasteiger partial charge in [-0.05, 0) is 13.8 Å². The molecule has 0 aliphatic rings. The smallest absolute Gasteiger partial charge is 0.238 e. The zero-order chi connectivity index (χ0) is 8.85. The molecule has 1 unspecified atom stereocenters. The first kappa shape index (κ1) is 9.99. The maximum Gasteiger partial charge on any atom is 0.238 e. The van der Waals surface area contributed by atoms with E-state index in [0.29, 0.717) is 6.42 Å². The molecule has 1 amide bonds. The van der Waals surface area contributed by atoms with Crippen molar-refractivity contribution in [3.05, 3.63) is 0 Å². The number of nitrogens with two attached hydrogens (primary N) is 1. The standard InChI is InChI=1S/C8H14N2O/c1-4-5-7(9)8(11)10-6(2)3/h1,6-7H,5,9H2,2-3H3,(H,10,11). The third kappa shape index (κ3) is 4.40. The van der Waals surface area contributed by atoms with Gasteiger partial charge in [0, 0.05) is 12.5 Å². The molecular formula is C8H14N2O. The fourth-order valence-electron chi connectivity index (χ4n) is 0.611. The molecule has 3 N–H and O–H groups in total. The van der Waals surface area contributed by atoms with Crippen molar-refractivity contribution in [3.63, 3.8) is 0 Å². The Labute approximate surface area is 67.3 Å². The Morgan fingerprint density at radius 1 is 1.73 bits per heavy atom. The van der Waals surface area contributed by atoms with E-state index in [0.717, 1.165) is 0 Å². The van der Waals surface area contributed by atoms with Gasteiger partial charge < -0.3 is 11.1 Å². The molecule has 0 aromatic carbocycles. The summed E-state index contributed by atoms with van der Waals surface area (Å²) in [5.74, 6) is 2.15. The molecule has 0 bridgehead atoms. The molecule has 0 rings (SSSR count). The highest BCUT2D eigenvalue weighted by Crippen LogP contribution is 1.87. The zero-order valence-electron chi connectivity index (χ0n) is 6.92. The fourth-order valence-corrected chi connectivity index (χ4v) is 0.611. The predicted molar refractivity (Wildman–Crippen MR) is 44.7 cm³/mol. The highest BCUT2D eigenvalue weighted by molar-refractivity contribution is 5.81. The van der Waals surface area contributed by atoms with Crippen molar-refractivity contribution in [3.8, 4) is 12.3 Å². The second-order valence-electron chi connectivity index (χ2n) is 2.68. The Morgan fingerprint density at radius 2 is 2.27 bits per heavy atom. The maximum absolute atomic E-state index is 11.0. The van der Waals surface area contributed by atoms with Crippen LogP contribution in [0.25, 0.3) is 0 Å². The minimum atomic E-state index is -0.567. The number of hydrogen-bond acceptors (Lipinski definition) is 2. The SMILES string of the molecule is C#CCC(N)C(=O)NC(C)C. The quantitative estimate of drug-likeness (QED) is 0.556.